The molecule has 0 aromatic heterocycles. The Morgan fingerprint density at radius 1 is 1.39 bits per heavy atom. The molecule has 0 bridgehead atoms. The molecule has 1 aromatic carbocycles. The number of nitrogens with one attached hydrogen (secondary N) is 2. The van der Waals surface area contributed by atoms with Crippen LogP contribution in [0.2, 0.25) is 0 Å². The fourth-order valence-corrected chi connectivity index (χ4v) is 1.48. The molecule has 6 heteroatoms. The van der Waals surface area contributed by atoms with Crippen LogP contribution in [0.1, 0.15) is 24.9 Å². The maximum Gasteiger partial charge on any atom is 0.221 e. The smallest absolute Gasteiger partial charge is 0.221 e. The van der Waals surface area contributed by atoms with Crippen molar-refractivity contribution in [3.8, 4) is 0 Å². The van der Waals surface area contributed by atoms with Crippen molar-refractivity contribution in [3.63, 3.8) is 0 Å². The van der Waals surface area contributed by atoms with Gasteiger partial charge in [0.25, 0.3) is 0 Å². The van der Waals surface area contributed by atoms with Crippen molar-refractivity contribution in [3.05, 3.63) is 35.4 Å². The van der Waals surface area contributed by atoms with Gasteiger partial charge in [0.05, 0.1) is 6.04 Å². The summed E-state index contributed by atoms with van der Waals surface area (Å²) >= 11 is 0. The molecule has 0 saturated carbocycles. The van der Waals surface area contributed by atoms with E-state index in [-0.39, 0.29) is 23.9 Å². The molecule has 0 radical (unpaired) electrons. The van der Waals surface area contributed by atoms with E-state index in [4.69, 9.17) is 0 Å². The van der Waals surface area contributed by atoms with Gasteiger partial charge in [0.2, 0.25) is 5.91 Å². The first-order chi connectivity index (χ1) is 8.04. The van der Waals surface area contributed by atoms with E-state index < -0.39 is 17.7 Å². The predicted octanol–water partition coefficient (Wildman–Crippen LogP) is 2.17. The highest BCUT2D eigenvalue weighted by Gasteiger charge is 2.13. The Morgan fingerprint density at radius 3 is 2.61 bits per heavy atom. The third-order valence-electron chi connectivity index (χ3n) is 2.41. The zero-order valence-corrected chi connectivity index (χ0v) is 11.1. The molecule has 3 nitrogen and oxygen atoms in total. The van der Waals surface area contributed by atoms with Crippen LogP contribution < -0.4 is 10.6 Å². The molecule has 1 amide bonds. The highest BCUT2D eigenvalue weighted by molar-refractivity contribution is 5.85. The van der Waals surface area contributed by atoms with Crippen LogP contribution in [-0.2, 0) is 4.79 Å². The molecule has 1 rings (SSSR count). The third-order valence-corrected chi connectivity index (χ3v) is 2.41. The molecule has 0 fully saturated rings. The number of hydrogen-bond acceptors (Lipinski definition) is 2. The van der Waals surface area contributed by atoms with Gasteiger partial charge in [-0.05, 0) is 20.0 Å². The summed E-state index contributed by atoms with van der Waals surface area (Å²) in [6.45, 7) is 2.22. The first-order valence-electron chi connectivity index (χ1n) is 5.43. The van der Waals surface area contributed by atoms with E-state index >= 15 is 0 Å². The van der Waals surface area contributed by atoms with Gasteiger partial charge in [-0.3, -0.25) is 4.79 Å². The summed E-state index contributed by atoms with van der Waals surface area (Å²) in [6.07, 6.45) is 0.323. The van der Waals surface area contributed by atoms with E-state index in [9.17, 15) is 13.6 Å². The van der Waals surface area contributed by atoms with Crippen LogP contribution in [0.4, 0.5) is 8.78 Å². The van der Waals surface area contributed by atoms with Gasteiger partial charge in [0, 0.05) is 24.6 Å². The second-order valence-corrected chi connectivity index (χ2v) is 3.81. The van der Waals surface area contributed by atoms with Crippen LogP contribution in [0.15, 0.2) is 18.2 Å². The second kappa shape index (κ2) is 8.00. The fraction of sp³-hybridized carbons (Fsp3) is 0.417. The van der Waals surface area contributed by atoms with Crippen LogP contribution >= 0.6 is 12.4 Å². The molecule has 2 N–H and O–H groups in total. The van der Waals surface area contributed by atoms with Crippen molar-refractivity contribution in [2.75, 3.05) is 13.6 Å². The first-order valence-corrected chi connectivity index (χ1v) is 5.43. The minimum Gasteiger partial charge on any atom is -0.349 e. The quantitative estimate of drug-likeness (QED) is 0.867. The van der Waals surface area contributed by atoms with Crippen molar-refractivity contribution < 1.29 is 13.6 Å². The number of hydrogen-bond donors (Lipinski definition) is 2. The number of carbonyl (C=O) groups excluding carboxylic acids is 1. The summed E-state index contributed by atoms with van der Waals surface area (Å²) in [5.41, 5.74) is 0.282. The van der Waals surface area contributed by atoms with Crippen molar-refractivity contribution in [2.45, 2.75) is 19.4 Å². The van der Waals surface area contributed by atoms with Gasteiger partial charge in [0.15, 0.2) is 0 Å². The van der Waals surface area contributed by atoms with E-state index in [2.05, 4.69) is 10.6 Å². The van der Waals surface area contributed by atoms with E-state index in [1.807, 2.05) is 0 Å². The first kappa shape index (κ1) is 16.8. The molecule has 102 valence electrons. The molecule has 1 atom stereocenters. The zero-order chi connectivity index (χ0) is 12.8. The Morgan fingerprint density at radius 2 is 2.06 bits per heavy atom. The summed E-state index contributed by atoms with van der Waals surface area (Å²) < 4.78 is 26.1. The van der Waals surface area contributed by atoms with Crippen molar-refractivity contribution in [1.29, 1.82) is 0 Å². The van der Waals surface area contributed by atoms with Crippen molar-refractivity contribution >= 4 is 18.3 Å². The summed E-state index contributed by atoms with van der Waals surface area (Å²) in [6, 6.07) is 2.86. The van der Waals surface area contributed by atoms with E-state index in [1.165, 1.54) is 12.1 Å². The monoisotopic (exact) mass is 278 g/mol. The average Bonchev–Trinajstić information content (AvgIpc) is 2.26. The molecule has 18 heavy (non-hydrogen) atoms. The molecule has 0 aliphatic heterocycles. The fourth-order valence-electron chi connectivity index (χ4n) is 1.48. The Labute approximate surface area is 111 Å². The lowest BCUT2D eigenvalue weighted by Crippen LogP contribution is -2.29. The van der Waals surface area contributed by atoms with Gasteiger partial charge >= 0.3 is 0 Å². The van der Waals surface area contributed by atoms with Crippen LogP contribution in [0.25, 0.3) is 0 Å². The molecule has 0 spiro atoms. The molecule has 0 aliphatic rings. The lowest BCUT2D eigenvalue weighted by molar-refractivity contribution is -0.121. The average molecular weight is 279 g/mol. The highest BCUT2D eigenvalue weighted by Crippen LogP contribution is 2.17. The second-order valence-electron chi connectivity index (χ2n) is 3.81. The number of amides is 1. The van der Waals surface area contributed by atoms with Crippen molar-refractivity contribution in [1.82, 2.24) is 10.6 Å². The van der Waals surface area contributed by atoms with Gasteiger partial charge in [0.1, 0.15) is 11.6 Å². The maximum absolute atomic E-state index is 13.4. The molecular formula is C12H17ClF2N2O. The highest BCUT2D eigenvalue weighted by atomic mass is 35.5. The number of benzene rings is 1. The van der Waals surface area contributed by atoms with Crippen molar-refractivity contribution in [2.24, 2.45) is 0 Å². The van der Waals surface area contributed by atoms with Gasteiger partial charge in [-0.2, -0.15) is 0 Å². The Hall–Kier alpha value is -1.20. The van der Waals surface area contributed by atoms with Crippen LogP contribution in [-0.4, -0.2) is 19.5 Å². The number of carbonyl (C=O) groups is 1. The van der Waals surface area contributed by atoms with Gasteiger partial charge < -0.3 is 10.6 Å². The third kappa shape index (κ3) is 4.98. The van der Waals surface area contributed by atoms with Gasteiger partial charge in [-0.15, -0.1) is 12.4 Å². The number of halogens is 3. The Balaban J connectivity index is 0.00000289. The van der Waals surface area contributed by atoms with Crippen LogP contribution in [0, 0.1) is 11.6 Å². The molecule has 0 unspecified atom stereocenters. The SMILES string of the molecule is CNCCC(=O)N[C@H](C)c1ccc(F)cc1F.Cl. The summed E-state index contributed by atoms with van der Waals surface area (Å²) in [5, 5.41) is 5.50. The Bertz CT molecular complexity index is 402. The number of rotatable bonds is 5. The van der Waals surface area contributed by atoms with E-state index in [0.717, 1.165) is 6.07 Å². The predicted molar refractivity (Wildman–Crippen MR) is 68.7 cm³/mol. The topological polar surface area (TPSA) is 41.1 Å². The van der Waals surface area contributed by atoms with Gasteiger partial charge in [-0.1, -0.05) is 6.07 Å². The molecule has 0 aliphatic carbocycles. The summed E-state index contributed by atoms with van der Waals surface area (Å²) in [7, 11) is 1.75. The standard InChI is InChI=1S/C12H16F2N2O.ClH/c1-8(16-12(17)5-6-15-2)10-4-3-9(13)7-11(10)14;/h3-4,7-8,15H,5-6H2,1-2H3,(H,16,17);1H/t8-;/m1./s1. The Kier molecular flexibility index (Phi) is 7.47. The minimum atomic E-state index is -0.647. The lowest BCUT2D eigenvalue weighted by atomic mass is 10.1. The van der Waals surface area contributed by atoms with Crippen LogP contribution in [0.5, 0.6) is 0 Å². The van der Waals surface area contributed by atoms with Gasteiger partial charge in [-0.25, -0.2) is 8.78 Å². The molecule has 0 saturated heterocycles. The van der Waals surface area contributed by atoms with E-state index in [1.54, 1.807) is 14.0 Å². The zero-order valence-electron chi connectivity index (χ0n) is 10.3. The minimum absolute atomic E-state index is 0. The lowest BCUT2D eigenvalue weighted by Gasteiger charge is -2.15. The summed E-state index contributed by atoms with van der Waals surface area (Å²) in [5.74, 6) is -1.44. The largest absolute Gasteiger partial charge is 0.349 e. The van der Waals surface area contributed by atoms with Crippen LogP contribution in [0.3, 0.4) is 0 Å². The molecular weight excluding hydrogens is 262 g/mol. The molecule has 1 aromatic rings. The maximum atomic E-state index is 13.4. The summed E-state index contributed by atoms with van der Waals surface area (Å²) in [4.78, 5) is 11.4. The normalized spacial score (nSPS) is 11.6. The van der Waals surface area contributed by atoms with E-state index in [0.29, 0.717) is 13.0 Å². The molecule has 0 heterocycles.